The molecule has 1 fully saturated rings. The van der Waals surface area contributed by atoms with Crippen LogP contribution in [-0.4, -0.2) is 56.1 Å². The molecule has 1 saturated heterocycles. The zero-order chi connectivity index (χ0) is 16.0. The molecule has 0 bridgehead atoms. The Labute approximate surface area is 128 Å². The molecule has 0 aliphatic carbocycles. The van der Waals surface area contributed by atoms with Gasteiger partial charge in [0.2, 0.25) is 0 Å². The number of aliphatic carboxylic acids is 1. The number of rotatable bonds is 7. The SMILES string of the molecule is COCCOc1cccc(C(=O)NC2(C(=O)O)CCOC2)c1. The zero-order valence-electron chi connectivity index (χ0n) is 12.3. The average Bonchev–Trinajstić information content (AvgIpc) is 2.98. The lowest BCUT2D eigenvalue weighted by Gasteiger charge is -2.23. The van der Waals surface area contributed by atoms with Gasteiger partial charge in [-0.3, -0.25) is 4.79 Å². The lowest BCUT2D eigenvalue weighted by molar-refractivity contribution is -0.144. The third kappa shape index (κ3) is 3.75. The Bertz CT molecular complexity index is 539. The number of hydrogen-bond acceptors (Lipinski definition) is 5. The first kappa shape index (κ1) is 16.3. The van der Waals surface area contributed by atoms with Gasteiger partial charge in [0.05, 0.1) is 13.2 Å². The maximum absolute atomic E-state index is 12.3. The summed E-state index contributed by atoms with van der Waals surface area (Å²) >= 11 is 0. The van der Waals surface area contributed by atoms with Crippen LogP contribution < -0.4 is 10.1 Å². The van der Waals surface area contributed by atoms with E-state index in [-0.39, 0.29) is 13.0 Å². The van der Waals surface area contributed by atoms with Gasteiger partial charge in [-0.05, 0) is 18.2 Å². The molecular weight excluding hydrogens is 290 g/mol. The summed E-state index contributed by atoms with van der Waals surface area (Å²) in [7, 11) is 1.57. The van der Waals surface area contributed by atoms with Crippen LogP contribution in [0, 0.1) is 0 Å². The number of hydrogen-bond donors (Lipinski definition) is 2. The Hall–Kier alpha value is -2.12. The summed E-state index contributed by atoms with van der Waals surface area (Å²) in [6.45, 7) is 1.09. The molecule has 1 heterocycles. The Morgan fingerprint density at radius 3 is 2.86 bits per heavy atom. The van der Waals surface area contributed by atoms with Crippen molar-refractivity contribution in [2.24, 2.45) is 0 Å². The molecule has 1 aliphatic heterocycles. The van der Waals surface area contributed by atoms with E-state index < -0.39 is 17.4 Å². The van der Waals surface area contributed by atoms with Gasteiger partial charge in [0.25, 0.3) is 5.91 Å². The number of carbonyl (C=O) groups excluding carboxylic acids is 1. The predicted octanol–water partition coefficient (Wildman–Crippen LogP) is 0.685. The largest absolute Gasteiger partial charge is 0.491 e. The monoisotopic (exact) mass is 309 g/mol. The molecule has 120 valence electrons. The van der Waals surface area contributed by atoms with Crippen LogP contribution in [0.2, 0.25) is 0 Å². The number of benzene rings is 1. The molecule has 0 radical (unpaired) electrons. The van der Waals surface area contributed by atoms with E-state index in [0.717, 1.165) is 0 Å². The van der Waals surface area contributed by atoms with E-state index in [9.17, 15) is 14.7 Å². The van der Waals surface area contributed by atoms with E-state index in [1.165, 1.54) is 0 Å². The van der Waals surface area contributed by atoms with Crippen molar-refractivity contribution in [2.45, 2.75) is 12.0 Å². The highest BCUT2D eigenvalue weighted by Crippen LogP contribution is 2.21. The van der Waals surface area contributed by atoms with Gasteiger partial charge in [0.1, 0.15) is 12.4 Å². The van der Waals surface area contributed by atoms with Gasteiger partial charge < -0.3 is 24.6 Å². The fourth-order valence-corrected chi connectivity index (χ4v) is 2.15. The Kier molecular flexibility index (Phi) is 5.35. The van der Waals surface area contributed by atoms with Crippen molar-refractivity contribution in [3.05, 3.63) is 29.8 Å². The molecule has 2 rings (SSSR count). The molecule has 0 spiro atoms. The summed E-state index contributed by atoms with van der Waals surface area (Å²) in [5, 5.41) is 11.9. The minimum absolute atomic E-state index is 0.0297. The molecule has 7 nitrogen and oxygen atoms in total. The van der Waals surface area contributed by atoms with Crippen LogP contribution >= 0.6 is 0 Å². The standard InChI is InChI=1S/C15H19NO6/c1-20-7-8-22-12-4-2-3-11(9-12)13(17)16-15(14(18)19)5-6-21-10-15/h2-4,9H,5-8,10H2,1H3,(H,16,17)(H,18,19). The smallest absolute Gasteiger partial charge is 0.331 e. The second-order valence-corrected chi connectivity index (χ2v) is 5.01. The minimum atomic E-state index is -1.36. The molecular formula is C15H19NO6. The quantitative estimate of drug-likeness (QED) is 0.720. The maximum Gasteiger partial charge on any atom is 0.331 e. The molecule has 1 atom stereocenters. The van der Waals surface area contributed by atoms with Crippen LogP contribution in [-0.2, 0) is 14.3 Å². The number of carbonyl (C=O) groups is 2. The van der Waals surface area contributed by atoms with Gasteiger partial charge in [-0.25, -0.2) is 4.79 Å². The lowest BCUT2D eigenvalue weighted by atomic mass is 9.98. The van der Waals surface area contributed by atoms with Crippen molar-refractivity contribution < 1.29 is 28.9 Å². The number of nitrogens with one attached hydrogen (secondary N) is 1. The van der Waals surface area contributed by atoms with Crippen molar-refractivity contribution in [1.82, 2.24) is 5.32 Å². The molecule has 1 aliphatic rings. The molecule has 0 aromatic heterocycles. The highest BCUT2D eigenvalue weighted by Gasteiger charge is 2.44. The van der Waals surface area contributed by atoms with Crippen molar-refractivity contribution in [3.63, 3.8) is 0 Å². The van der Waals surface area contributed by atoms with Gasteiger partial charge in [-0.1, -0.05) is 6.07 Å². The number of carboxylic acids is 1. The summed E-state index contributed by atoms with van der Waals surface area (Å²) in [4.78, 5) is 23.7. The summed E-state index contributed by atoms with van der Waals surface area (Å²) in [5.41, 5.74) is -1.02. The average molecular weight is 309 g/mol. The third-order valence-corrected chi connectivity index (χ3v) is 3.44. The summed E-state index contributed by atoms with van der Waals surface area (Å²) in [5.74, 6) is -1.03. The van der Waals surface area contributed by atoms with Crippen LogP contribution in [0.5, 0.6) is 5.75 Å². The van der Waals surface area contributed by atoms with Crippen molar-refractivity contribution in [2.75, 3.05) is 33.5 Å². The van der Waals surface area contributed by atoms with Crippen molar-refractivity contribution >= 4 is 11.9 Å². The second-order valence-electron chi connectivity index (χ2n) is 5.01. The lowest BCUT2D eigenvalue weighted by Crippen LogP contribution is -2.55. The van der Waals surface area contributed by atoms with Crippen LogP contribution in [0.15, 0.2) is 24.3 Å². The number of carboxylic acid groups (broad SMARTS) is 1. The highest BCUT2D eigenvalue weighted by atomic mass is 16.5. The van der Waals surface area contributed by atoms with E-state index in [0.29, 0.717) is 31.1 Å². The van der Waals surface area contributed by atoms with Crippen molar-refractivity contribution in [3.8, 4) is 5.75 Å². The molecule has 1 unspecified atom stereocenters. The van der Waals surface area contributed by atoms with Gasteiger partial charge in [0.15, 0.2) is 5.54 Å². The number of ether oxygens (including phenoxy) is 3. The Morgan fingerprint density at radius 1 is 1.41 bits per heavy atom. The van der Waals surface area contributed by atoms with E-state index >= 15 is 0 Å². The first-order chi connectivity index (χ1) is 10.6. The molecule has 1 amide bonds. The van der Waals surface area contributed by atoms with E-state index in [2.05, 4.69) is 5.32 Å². The molecule has 22 heavy (non-hydrogen) atoms. The van der Waals surface area contributed by atoms with Crippen LogP contribution in [0.4, 0.5) is 0 Å². The van der Waals surface area contributed by atoms with Crippen LogP contribution in [0.1, 0.15) is 16.8 Å². The number of amides is 1. The van der Waals surface area contributed by atoms with Gasteiger partial charge >= 0.3 is 5.97 Å². The Balaban J connectivity index is 2.05. The van der Waals surface area contributed by atoms with Crippen LogP contribution in [0.3, 0.4) is 0 Å². The first-order valence-corrected chi connectivity index (χ1v) is 6.93. The summed E-state index contributed by atoms with van der Waals surface area (Å²) in [6.07, 6.45) is 0.248. The third-order valence-electron chi connectivity index (χ3n) is 3.44. The topological polar surface area (TPSA) is 94.1 Å². The van der Waals surface area contributed by atoms with Gasteiger partial charge in [0, 0.05) is 25.7 Å². The number of methoxy groups -OCH3 is 1. The van der Waals surface area contributed by atoms with Crippen molar-refractivity contribution in [1.29, 1.82) is 0 Å². The van der Waals surface area contributed by atoms with Gasteiger partial charge in [-0.15, -0.1) is 0 Å². The molecule has 2 N–H and O–H groups in total. The first-order valence-electron chi connectivity index (χ1n) is 6.93. The minimum Gasteiger partial charge on any atom is -0.491 e. The molecule has 0 saturated carbocycles. The van der Waals surface area contributed by atoms with E-state index in [4.69, 9.17) is 14.2 Å². The molecule has 1 aromatic carbocycles. The van der Waals surface area contributed by atoms with Crippen LogP contribution in [0.25, 0.3) is 0 Å². The normalized spacial score (nSPS) is 20.6. The Morgan fingerprint density at radius 2 is 2.23 bits per heavy atom. The molecule has 1 aromatic rings. The fraction of sp³-hybridized carbons (Fsp3) is 0.467. The zero-order valence-corrected chi connectivity index (χ0v) is 12.3. The fourth-order valence-electron chi connectivity index (χ4n) is 2.15. The molecule has 7 heteroatoms. The van der Waals surface area contributed by atoms with E-state index in [1.54, 1.807) is 31.4 Å². The summed E-state index contributed by atoms with van der Waals surface area (Å²) in [6, 6.07) is 6.56. The summed E-state index contributed by atoms with van der Waals surface area (Å²) < 4.78 is 15.4. The maximum atomic E-state index is 12.3. The predicted molar refractivity (Wildman–Crippen MR) is 77.1 cm³/mol. The second kappa shape index (κ2) is 7.24. The highest BCUT2D eigenvalue weighted by molar-refractivity contribution is 5.98. The van der Waals surface area contributed by atoms with Gasteiger partial charge in [-0.2, -0.15) is 0 Å². The van der Waals surface area contributed by atoms with E-state index in [1.807, 2.05) is 0 Å².